The van der Waals surface area contributed by atoms with Crippen molar-refractivity contribution in [2.24, 2.45) is 5.92 Å². The van der Waals surface area contributed by atoms with Gasteiger partial charge in [0, 0.05) is 19.3 Å². The van der Waals surface area contributed by atoms with Crippen molar-refractivity contribution in [1.29, 1.82) is 0 Å². The first-order valence-corrected chi connectivity index (χ1v) is 7.62. The van der Waals surface area contributed by atoms with Crippen LogP contribution in [0.1, 0.15) is 25.3 Å². The number of pyridine rings is 1. The van der Waals surface area contributed by atoms with Crippen molar-refractivity contribution in [2.75, 3.05) is 18.0 Å². The zero-order chi connectivity index (χ0) is 17.5. The van der Waals surface area contributed by atoms with Crippen molar-refractivity contribution in [3.05, 3.63) is 23.9 Å². The van der Waals surface area contributed by atoms with Crippen molar-refractivity contribution in [3.63, 3.8) is 0 Å². The van der Waals surface area contributed by atoms with E-state index in [-0.39, 0.29) is 17.6 Å². The molecule has 0 aromatic carbocycles. The van der Waals surface area contributed by atoms with E-state index in [1.54, 1.807) is 11.8 Å². The zero-order valence-corrected chi connectivity index (χ0v) is 13.0. The first kappa shape index (κ1) is 16.5. The van der Waals surface area contributed by atoms with Crippen LogP contribution in [0.3, 0.4) is 0 Å². The predicted molar refractivity (Wildman–Crippen MR) is 79.3 cm³/mol. The summed E-state index contributed by atoms with van der Waals surface area (Å²) in [4.78, 5) is 28.8. The Morgan fingerprint density at radius 3 is 2.50 bits per heavy atom. The Balaban J connectivity index is 1.75. The number of nitrogens with zero attached hydrogens (tertiary/aromatic N) is 2. The number of piperidine rings is 1. The Kier molecular flexibility index (Phi) is 3.89. The van der Waals surface area contributed by atoms with E-state index >= 15 is 0 Å². The molecule has 1 aromatic heterocycles. The normalized spacial score (nSPS) is 25.6. The lowest BCUT2D eigenvalue weighted by molar-refractivity contribution is -0.137. The van der Waals surface area contributed by atoms with Gasteiger partial charge >= 0.3 is 12.2 Å². The SMILES string of the molecule is C[C@@]1(C2CCN(c3ncccc3C(F)(F)F)CC2)NC(=O)NC1=O. The first-order valence-electron chi connectivity index (χ1n) is 7.62. The lowest BCUT2D eigenvalue weighted by atomic mass is 9.79. The second kappa shape index (κ2) is 5.64. The van der Waals surface area contributed by atoms with E-state index in [1.807, 2.05) is 0 Å². The molecule has 2 N–H and O–H groups in total. The number of hydrogen-bond acceptors (Lipinski definition) is 4. The van der Waals surface area contributed by atoms with Crippen molar-refractivity contribution in [3.8, 4) is 0 Å². The number of nitrogens with one attached hydrogen (secondary N) is 2. The number of imide groups is 1. The monoisotopic (exact) mass is 342 g/mol. The molecule has 3 amide bonds. The summed E-state index contributed by atoms with van der Waals surface area (Å²) >= 11 is 0. The fraction of sp³-hybridized carbons (Fsp3) is 0.533. The summed E-state index contributed by atoms with van der Waals surface area (Å²) in [6, 6.07) is 1.74. The molecule has 1 atom stereocenters. The Hall–Kier alpha value is -2.32. The van der Waals surface area contributed by atoms with Gasteiger partial charge in [0.1, 0.15) is 11.4 Å². The van der Waals surface area contributed by atoms with E-state index in [1.165, 1.54) is 12.3 Å². The highest BCUT2D eigenvalue weighted by molar-refractivity contribution is 6.06. The Labute approximate surface area is 136 Å². The van der Waals surface area contributed by atoms with Crippen molar-refractivity contribution >= 4 is 17.8 Å². The fourth-order valence-electron chi connectivity index (χ4n) is 3.38. The lowest BCUT2D eigenvalue weighted by Crippen LogP contribution is -2.54. The topological polar surface area (TPSA) is 74.3 Å². The van der Waals surface area contributed by atoms with Crippen LogP contribution in [0.5, 0.6) is 0 Å². The smallest absolute Gasteiger partial charge is 0.356 e. The van der Waals surface area contributed by atoms with Crippen LogP contribution < -0.4 is 15.5 Å². The molecular weight excluding hydrogens is 325 g/mol. The summed E-state index contributed by atoms with van der Waals surface area (Å²) in [6.07, 6.45) is -2.16. The second-order valence-corrected chi connectivity index (χ2v) is 6.24. The molecule has 1 aromatic rings. The van der Waals surface area contributed by atoms with Crippen LogP contribution in [0.2, 0.25) is 0 Å². The summed E-state index contributed by atoms with van der Waals surface area (Å²) in [6.45, 7) is 2.32. The number of rotatable bonds is 2. The number of aromatic nitrogens is 1. The molecule has 2 aliphatic heterocycles. The zero-order valence-electron chi connectivity index (χ0n) is 13.0. The number of urea groups is 1. The van der Waals surface area contributed by atoms with Crippen molar-refractivity contribution in [1.82, 2.24) is 15.6 Å². The van der Waals surface area contributed by atoms with E-state index in [0.29, 0.717) is 25.9 Å². The number of hydrogen-bond donors (Lipinski definition) is 2. The minimum Gasteiger partial charge on any atom is -0.356 e. The van der Waals surface area contributed by atoms with Crippen molar-refractivity contribution in [2.45, 2.75) is 31.5 Å². The molecule has 0 aliphatic carbocycles. The van der Waals surface area contributed by atoms with Gasteiger partial charge < -0.3 is 10.2 Å². The maximum Gasteiger partial charge on any atom is 0.419 e. The third kappa shape index (κ3) is 2.78. The minimum atomic E-state index is -4.47. The number of carbonyl (C=O) groups excluding carboxylic acids is 2. The maximum absolute atomic E-state index is 13.1. The number of alkyl halides is 3. The Morgan fingerprint density at radius 1 is 1.29 bits per heavy atom. The minimum absolute atomic E-state index is 0.0893. The molecule has 3 rings (SSSR count). The highest BCUT2D eigenvalue weighted by atomic mass is 19.4. The van der Waals surface area contributed by atoms with Crippen LogP contribution in [0, 0.1) is 5.92 Å². The molecule has 2 saturated heterocycles. The number of halogens is 3. The largest absolute Gasteiger partial charge is 0.419 e. The summed E-state index contributed by atoms with van der Waals surface area (Å²) in [5, 5.41) is 4.84. The average molecular weight is 342 g/mol. The van der Waals surface area contributed by atoms with Gasteiger partial charge in [0.25, 0.3) is 5.91 Å². The number of anilines is 1. The highest BCUT2D eigenvalue weighted by Gasteiger charge is 2.49. The molecule has 0 unspecified atom stereocenters. The van der Waals surface area contributed by atoms with Crippen LogP contribution in [-0.4, -0.2) is 35.6 Å². The van der Waals surface area contributed by atoms with Crippen molar-refractivity contribution < 1.29 is 22.8 Å². The van der Waals surface area contributed by atoms with E-state index in [2.05, 4.69) is 15.6 Å². The van der Waals surface area contributed by atoms with E-state index < -0.39 is 23.3 Å². The van der Waals surface area contributed by atoms with Crippen LogP contribution in [0.15, 0.2) is 18.3 Å². The Bertz CT molecular complexity index is 671. The van der Waals surface area contributed by atoms with Gasteiger partial charge in [-0.2, -0.15) is 13.2 Å². The summed E-state index contributed by atoms with van der Waals surface area (Å²) in [7, 11) is 0. The molecule has 24 heavy (non-hydrogen) atoms. The number of amides is 3. The quantitative estimate of drug-likeness (QED) is 0.806. The molecule has 3 heterocycles. The van der Waals surface area contributed by atoms with Gasteiger partial charge in [-0.05, 0) is 37.8 Å². The van der Waals surface area contributed by atoms with E-state index in [4.69, 9.17) is 0 Å². The third-order valence-corrected chi connectivity index (χ3v) is 4.78. The van der Waals surface area contributed by atoms with Crippen LogP contribution in [-0.2, 0) is 11.0 Å². The van der Waals surface area contributed by atoms with Gasteiger partial charge in [-0.1, -0.05) is 0 Å². The maximum atomic E-state index is 13.1. The van der Waals surface area contributed by atoms with Gasteiger partial charge in [-0.25, -0.2) is 9.78 Å². The van der Waals surface area contributed by atoms with Gasteiger partial charge in [0.2, 0.25) is 0 Å². The van der Waals surface area contributed by atoms with Gasteiger partial charge in [-0.3, -0.25) is 10.1 Å². The molecule has 0 spiro atoms. The average Bonchev–Trinajstić information content (AvgIpc) is 2.80. The lowest BCUT2D eigenvalue weighted by Gasteiger charge is -2.39. The van der Waals surface area contributed by atoms with Crippen LogP contribution in [0.4, 0.5) is 23.8 Å². The van der Waals surface area contributed by atoms with Crippen LogP contribution >= 0.6 is 0 Å². The molecule has 2 fully saturated rings. The van der Waals surface area contributed by atoms with Gasteiger partial charge in [-0.15, -0.1) is 0 Å². The van der Waals surface area contributed by atoms with E-state index in [0.717, 1.165) is 6.07 Å². The Morgan fingerprint density at radius 2 is 1.96 bits per heavy atom. The first-order chi connectivity index (χ1) is 11.2. The fourth-order valence-corrected chi connectivity index (χ4v) is 3.38. The van der Waals surface area contributed by atoms with Gasteiger partial charge in [0.05, 0.1) is 5.56 Å². The molecule has 2 aliphatic rings. The molecular formula is C15H17F3N4O2. The summed E-state index contributed by atoms with van der Waals surface area (Å²) in [5.74, 6) is -0.619. The molecule has 130 valence electrons. The second-order valence-electron chi connectivity index (χ2n) is 6.24. The highest BCUT2D eigenvalue weighted by Crippen LogP contribution is 2.38. The summed E-state index contributed by atoms with van der Waals surface area (Å²) < 4.78 is 39.3. The standard InChI is InChI=1S/C15H17F3N4O2/c1-14(12(23)20-13(24)21-14)9-4-7-22(8-5-9)11-10(15(16,17)18)3-2-6-19-11/h2-3,6,9H,4-5,7-8H2,1H3,(H2,20,21,23,24)/t14-/m0/s1. The molecule has 0 saturated carbocycles. The summed E-state index contributed by atoms with van der Waals surface area (Å²) in [5.41, 5.74) is -1.78. The third-order valence-electron chi connectivity index (χ3n) is 4.78. The van der Waals surface area contributed by atoms with Crippen LogP contribution in [0.25, 0.3) is 0 Å². The number of carbonyl (C=O) groups is 2. The molecule has 0 radical (unpaired) electrons. The molecule has 0 bridgehead atoms. The van der Waals surface area contributed by atoms with Gasteiger partial charge in [0.15, 0.2) is 0 Å². The molecule has 9 heteroatoms. The molecule has 6 nitrogen and oxygen atoms in total. The predicted octanol–water partition coefficient (Wildman–Crippen LogP) is 1.91. The van der Waals surface area contributed by atoms with E-state index in [9.17, 15) is 22.8 Å².